The molecule has 11 heteroatoms. The van der Waals surface area contributed by atoms with Crippen LogP contribution >= 0.6 is 0 Å². The average molecular weight is 550 g/mol. The molecular formula is C28H43N3O8. The number of carboxylic acid groups (broad SMARTS) is 1. The molecule has 0 spiro atoms. The van der Waals surface area contributed by atoms with Gasteiger partial charge < -0.3 is 39.4 Å². The van der Waals surface area contributed by atoms with Crippen molar-refractivity contribution in [2.45, 2.75) is 63.7 Å². The molecule has 0 radical (unpaired) electrons. The van der Waals surface area contributed by atoms with E-state index >= 15 is 0 Å². The van der Waals surface area contributed by atoms with E-state index in [9.17, 15) is 14.7 Å². The number of unbranched alkanes of at least 4 members (excludes halogenated alkanes) is 2. The number of nitrogens with zero attached hydrogens (tertiary/aromatic N) is 2. The van der Waals surface area contributed by atoms with Gasteiger partial charge in [-0.1, -0.05) is 13.3 Å². The molecule has 4 rings (SSSR count). The Morgan fingerprint density at radius 3 is 2.59 bits per heavy atom. The van der Waals surface area contributed by atoms with Crippen molar-refractivity contribution in [2.24, 2.45) is 11.7 Å². The van der Waals surface area contributed by atoms with Gasteiger partial charge in [-0.2, -0.15) is 0 Å². The van der Waals surface area contributed by atoms with Crippen LogP contribution in [0.5, 0.6) is 17.2 Å². The largest absolute Gasteiger partial charge is 0.493 e. The molecule has 1 aromatic carbocycles. The van der Waals surface area contributed by atoms with Gasteiger partial charge in [0.25, 0.3) is 0 Å². The van der Waals surface area contributed by atoms with Gasteiger partial charge in [-0.3, -0.25) is 14.5 Å². The molecule has 218 valence electrons. The summed E-state index contributed by atoms with van der Waals surface area (Å²) in [6.45, 7) is 5.78. The Labute approximate surface area is 230 Å². The molecule has 3 aliphatic heterocycles. The zero-order chi connectivity index (χ0) is 27.8. The van der Waals surface area contributed by atoms with Gasteiger partial charge in [-0.25, -0.2) is 0 Å². The first-order valence-electron chi connectivity index (χ1n) is 14.1. The van der Waals surface area contributed by atoms with E-state index in [0.717, 1.165) is 31.2 Å². The fourth-order valence-electron chi connectivity index (χ4n) is 5.87. The topological polar surface area (TPSA) is 133 Å². The van der Waals surface area contributed by atoms with Crippen molar-refractivity contribution in [3.63, 3.8) is 0 Å². The monoisotopic (exact) mass is 549 g/mol. The van der Waals surface area contributed by atoms with Crippen molar-refractivity contribution in [3.05, 3.63) is 17.7 Å². The molecule has 3 aliphatic rings. The maximum absolute atomic E-state index is 13.6. The van der Waals surface area contributed by atoms with Crippen molar-refractivity contribution >= 4 is 11.9 Å². The summed E-state index contributed by atoms with van der Waals surface area (Å²) in [6.07, 6.45) is 4.37. The minimum Gasteiger partial charge on any atom is -0.493 e. The molecule has 0 saturated carbocycles. The Morgan fingerprint density at radius 1 is 1.13 bits per heavy atom. The lowest BCUT2D eigenvalue weighted by Gasteiger charge is -2.30. The zero-order valence-corrected chi connectivity index (χ0v) is 23.1. The third kappa shape index (κ3) is 7.13. The molecule has 3 atom stereocenters. The highest BCUT2D eigenvalue weighted by Gasteiger charge is 2.48. The number of hydrogen-bond acceptors (Lipinski definition) is 9. The minimum atomic E-state index is -0.893. The summed E-state index contributed by atoms with van der Waals surface area (Å²) >= 11 is 0. The molecule has 2 saturated heterocycles. The van der Waals surface area contributed by atoms with Gasteiger partial charge in [0.15, 0.2) is 17.8 Å². The summed E-state index contributed by atoms with van der Waals surface area (Å²) in [4.78, 5) is 30.3. The summed E-state index contributed by atoms with van der Waals surface area (Å²) in [7, 11) is 1.55. The van der Waals surface area contributed by atoms with Crippen LogP contribution in [0.2, 0.25) is 0 Å². The van der Waals surface area contributed by atoms with Gasteiger partial charge in [0.1, 0.15) is 0 Å². The molecule has 0 aromatic heterocycles. The van der Waals surface area contributed by atoms with Crippen molar-refractivity contribution < 1.29 is 38.4 Å². The first kappa shape index (κ1) is 29.4. The van der Waals surface area contributed by atoms with Gasteiger partial charge >= 0.3 is 5.97 Å². The Hall–Kier alpha value is -2.60. The first-order chi connectivity index (χ1) is 19.0. The SMILES string of the molecule is CCCCN(CCCCN)C(=O)CN1C[C@H](c2cc(OC)c3c(c2)OCO3)[C@@H](C(=O)O)[C@@H]1CCC1OCCO1. The van der Waals surface area contributed by atoms with E-state index in [2.05, 4.69) is 6.92 Å². The normalized spacial score (nSPS) is 22.9. The number of carboxylic acids is 1. The third-order valence-electron chi connectivity index (χ3n) is 7.89. The molecule has 3 heterocycles. The standard InChI is InChI=1S/C28H43N3O8/c1-3-4-10-30(11-6-5-9-29)24(32)17-31-16-20(19-14-22(35-2)27-23(15-19)38-18-39-27)26(28(33)34)21(31)7-8-25-36-12-13-37-25/h14-15,20-21,25-26H,3-13,16-18,29H2,1-2H3,(H,33,34)/t20-,21+,26-/m1/s1. The summed E-state index contributed by atoms with van der Waals surface area (Å²) in [5, 5.41) is 10.5. The van der Waals surface area contributed by atoms with Gasteiger partial charge in [-0.05, 0) is 56.3 Å². The zero-order valence-electron chi connectivity index (χ0n) is 23.1. The Bertz CT molecular complexity index is 970. The highest BCUT2D eigenvalue weighted by molar-refractivity contribution is 5.79. The minimum absolute atomic E-state index is 0.0203. The molecule has 2 fully saturated rings. The molecule has 39 heavy (non-hydrogen) atoms. The number of ether oxygens (including phenoxy) is 5. The molecule has 0 unspecified atom stereocenters. The molecule has 3 N–H and O–H groups in total. The number of hydrogen-bond donors (Lipinski definition) is 2. The number of carbonyl (C=O) groups excluding carboxylic acids is 1. The van der Waals surface area contributed by atoms with E-state index in [1.165, 1.54) is 0 Å². The summed E-state index contributed by atoms with van der Waals surface area (Å²) in [6, 6.07) is 3.31. The van der Waals surface area contributed by atoms with Crippen LogP contribution < -0.4 is 19.9 Å². The Balaban J connectivity index is 1.59. The number of rotatable bonds is 15. The number of nitrogens with two attached hydrogens (primary N) is 1. The summed E-state index contributed by atoms with van der Waals surface area (Å²) in [5.41, 5.74) is 6.48. The number of methoxy groups -OCH3 is 1. The van der Waals surface area contributed by atoms with Crippen molar-refractivity contribution in [1.82, 2.24) is 9.80 Å². The van der Waals surface area contributed by atoms with Crippen LogP contribution in [-0.4, -0.2) is 99.0 Å². The fourth-order valence-corrected chi connectivity index (χ4v) is 5.87. The van der Waals surface area contributed by atoms with E-state index < -0.39 is 11.9 Å². The molecule has 1 amide bonds. The average Bonchev–Trinajstić information content (AvgIpc) is 3.69. The van der Waals surface area contributed by atoms with Crippen molar-refractivity contribution in [1.29, 1.82) is 0 Å². The number of likely N-dealkylation sites (tertiary alicyclic amines) is 1. The van der Waals surface area contributed by atoms with Crippen molar-refractivity contribution in [2.75, 3.05) is 59.8 Å². The van der Waals surface area contributed by atoms with Crippen LogP contribution in [0.3, 0.4) is 0 Å². The van der Waals surface area contributed by atoms with E-state index in [1.54, 1.807) is 7.11 Å². The second-order valence-electron chi connectivity index (χ2n) is 10.4. The van der Waals surface area contributed by atoms with Crippen LogP contribution in [0.4, 0.5) is 0 Å². The third-order valence-corrected chi connectivity index (χ3v) is 7.89. The van der Waals surface area contributed by atoms with Gasteiger partial charge in [0, 0.05) is 31.6 Å². The molecule has 0 bridgehead atoms. The second-order valence-corrected chi connectivity index (χ2v) is 10.4. The molecule has 1 aromatic rings. The highest BCUT2D eigenvalue weighted by Crippen LogP contribution is 2.47. The summed E-state index contributed by atoms with van der Waals surface area (Å²) < 4.78 is 28.0. The number of amides is 1. The van der Waals surface area contributed by atoms with Crippen LogP contribution in [0.25, 0.3) is 0 Å². The van der Waals surface area contributed by atoms with Crippen LogP contribution in [-0.2, 0) is 19.1 Å². The van der Waals surface area contributed by atoms with Gasteiger partial charge in [-0.15, -0.1) is 0 Å². The summed E-state index contributed by atoms with van der Waals surface area (Å²) in [5.74, 6) is -0.399. The van der Waals surface area contributed by atoms with Crippen molar-refractivity contribution in [3.8, 4) is 17.2 Å². The predicted molar refractivity (Wildman–Crippen MR) is 143 cm³/mol. The number of aliphatic carboxylic acids is 1. The van der Waals surface area contributed by atoms with Gasteiger partial charge in [0.2, 0.25) is 18.4 Å². The first-order valence-corrected chi connectivity index (χ1v) is 14.1. The fraction of sp³-hybridized carbons (Fsp3) is 0.714. The van der Waals surface area contributed by atoms with E-state index in [-0.39, 0.29) is 37.5 Å². The van der Waals surface area contributed by atoms with Crippen LogP contribution in [0, 0.1) is 5.92 Å². The Morgan fingerprint density at radius 2 is 1.90 bits per heavy atom. The van der Waals surface area contributed by atoms with Crippen LogP contribution in [0.1, 0.15) is 56.9 Å². The number of fused-ring (bicyclic) bond motifs is 1. The highest BCUT2D eigenvalue weighted by atomic mass is 16.7. The second kappa shape index (κ2) is 14.2. The molecule has 0 aliphatic carbocycles. The van der Waals surface area contributed by atoms with Crippen LogP contribution in [0.15, 0.2) is 12.1 Å². The maximum atomic E-state index is 13.6. The molecular weight excluding hydrogens is 506 g/mol. The Kier molecular flexibility index (Phi) is 10.7. The quantitative estimate of drug-likeness (QED) is 0.314. The number of carbonyl (C=O) groups is 2. The lowest BCUT2D eigenvalue weighted by molar-refractivity contribution is -0.144. The molecule has 11 nitrogen and oxygen atoms in total. The lowest BCUT2D eigenvalue weighted by Crippen LogP contribution is -2.45. The van der Waals surface area contributed by atoms with Gasteiger partial charge in [0.05, 0.1) is 32.8 Å². The predicted octanol–water partition coefficient (Wildman–Crippen LogP) is 2.41. The lowest BCUT2D eigenvalue weighted by atomic mass is 9.83. The number of benzene rings is 1. The van der Waals surface area contributed by atoms with E-state index in [1.807, 2.05) is 21.9 Å². The van der Waals surface area contributed by atoms with E-state index in [0.29, 0.717) is 69.5 Å². The smallest absolute Gasteiger partial charge is 0.308 e. The van der Waals surface area contributed by atoms with E-state index in [4.69, 9.17) is 29.4 Å². The maximum Gasteiger partial charge on any atom is 0.308 e.